The molecule has 2 aromatic carbocycles. The van der Waals surface area contributed by atoms with E-state index in [9.17, 15) is 4.39 Å². The van der Waals surface area contributed by atoms with Crippen molar-refractivity contribution in [1.82, 2.24) is 0 Å². The zero-order valence-electron chi connectivity index (χ0n) is 8.10. The Morgan fingerprint density at radius 3 is 2.47 bits per heavy atom. The van der Waals surface area contributed by atoms with E-state index in [1.54, 1.807) is 18.3 Å². The molecule has 0 aliphatic rings. The van der Waals surface area contributed by atoms with Crippen molar-refractivity contribution in [1.29, 1.82) is 0 Å². The highest BCUT2D eigenvalue weighted by molar-refractivity contribution is 5.81. The monoisotopic (exact) mass is 199 g/mol. The molecule has 0 atom stereocenters. The van der Waals surface area contributed by atoms with E-state index in [1.165, 1.54) is 12.1 Å². The molecule has 0 bridgehead atoms. The van der Waals surface area contributed by atoms with Crippen molar-refractivity contribution in [3.8, 4) is 0 Å². The lowest BCUT2D eigenvalue weighted by atomic mass is 10.2. The number of benzene rings is 2. The van der Waals surface area contributed by atoms with Gasteiger partial charge in [0.15, 0.2) is 0 Å². The molecule has 2 aromatic rings. The minimum absolute atomic E-state index is 0.266. The van der Waals surface area contributed by atoms with Crippen LogP contribution in [0.15, 0.2) is 59.6 Å². The molecule has 0 heterocycles. The third-order valence-electron chi connectivity index (χ3n) is 1.97. The van der Waals surface area contributed by atoms with Crippen molar-refractivity contribution >= 4 is 11.9 Å². The van der Waals surface area contributed by atoms with E-state index in [1.807, 2.05) is 30.3 Å². The van der Waals surface area contributed by atoms with Crippen molar-refractivity contribution in [3.05, 3.63) is 66.0 Å². The summed E-state index contributed by atoms with van der Waals surface area (Å²) >= 11 is 0. The highest BCUT2D eigenvalue weighted by Gasteiger charge is 1.91. The van der Waals surface area contributed by atoms with E-state index < -0.39 is 0 Å². The Balaban J connectivity index is 2.19. The fraction of sp³-hybridized carbons (Fsp3) is 0. The third-order valence-corrected chi connectivity index (χ3v) is 1.97. The zero-order chi connectivity index (χ0) is 10.5. The van der Waals surface area contributed by atoms with Crippen molar-refractivity contribution < 1.29 is 4.39 Å². The summed E-state index contributed by atoms with van der Waals surface area (Å²) in [5, 5.41) is 0. The van der Waals surface area contributed by atoms with Gasteiger partial charge in [0.25, 0.3) is 0 Å². The van der Waals surface area contributed by atoms with Gasteiger partial charge in [0.05, 0.1) is 5.69 Å². The Hall–Kier alpha value is -1.96. The van der Waals surface area contributed by atoms with Crippen molar-refractivity contribution in [2.75, 3.05) is 0 Å². The average Bonchev–Trinajstić information content (AvgIpc) is 2.28. The van der Waals surface area contributed by atoms with Gasteiger partial charge in [-0.15, -0.1) is 0 Å². The van der Waals surface area contributed by atoms with Gasteiger partial charge in [-0.05, 0) is 23.8 Å². The molecule has 0 saturated heterocycles. The van der Waals surface area contributed by atoms with Crippen LogP contribution in [-0.2, 0) is 0 Å². The van der Waals surface area contributed by atoms with Crippen LogP contribution in [0.2, 0.25) is 0 Å². The molecule has 0 radical (unpaired) electrons. The van der Waals surface area contributed by atoms with Crippen LogP contribution in [0.5, 0.6) is 0 Å². The van der Waals surface area contributed by atoms with Gasteiger partial charge in [0.2, 0.25) is 0 Å². The zero-order valence-corrected chi connectivity index (χ0v) is 8.10. The second-order valence-corrected chi connectivity index (χ2v) is 3.15. The summed E-state index contributed by atoms with van der Waals surface area (Å²) in [5.74, 6) is -0.266. The molecule has 0 spiro atoms. The summed E-state index contributed by atoms with van der Waals surface area (Å²) in [6.45, 7) is 0. The van der Waals surface area contributed by atoms with Gasteiger partial charge >= 0.3 is 0 Å². The van der Waals surface area contributed by atoms with Gasteiger partial charge in [0, 0.05) is 6.21 Å². The number of nitrogens with zero attached hydrogens (tertiary/aromatic N) is 1. The lowest BCUT2D eigenvalue weighted by molar-refractivity contribution is 0.628. The number of hydrogen-bond donors (Lipinski definition) is 0. The summed E-state index contributed by atoms with van der Waals surface area (Å²) in [4.78, 5) is 4.17. The van der Waals surface area contributed by atoms with Crippen LogP contribution in [0, 0.1) is 5.82 Å². The van der Waals surface area contributed by atoms with Gasteiger partial charge in [-0.2, -0.15) is 0 Å². The number of hydrogen-bond acceptors (Lipinski definition) is 1. The lowest BCUT2D eigenvalue weighted by Gasteiger charge is -1.93. The first-order chi connectivity index (χ1) is 7.34. The quantitative estimate of drug-likeness (QED) is 0.655. The molecule has 0 saturated carbocycles. The van der Waals surface area contributed by atoms with E-state index >= 15 is 0 Å². The highest BCUT2D eigenvalue weighted by atomic mass is 19.1. The largest absolute Gasteiger partial charge is 0.256 e. The number of halogens is 1. The molecule has 0 amide bonds. The molecular formula is C13H10FN. The summed E-state index contributed by atoms with van der Waals surface area (Å²) in [6.07, 6.45) is 1.72. The first kappa shape index (κ1) is 9.59. The first-order valence-corrected chi connectivity index (χ1v) is 4.69. The molecule has 74 valence electrons. The summed E-state index contributed by atoms with van der Waals surface area (Å²) in [5.41, 5.74) is 1.63. The van der Waals surface area contributed by atoms with Crippen LogP contribution >= 0.6 is 0 Å². The van der Waals surface area contributed by atoms with E-state index in [0.29, 0.717) is 5.69 Å². The highest BCUT2D eigenvalue weighted by Crippen LogP contribution is 2.12. The van der Waals surface area contributed by atoms with E-state index in [-0.39, 0.29) is 5.82 Å². The van der Waals surface area contributed by atoms with Gasteiger partial charge in [0.1, 0.15) is 5.82 Å². The van der Waals surface area contributed by atoms with Crippen molar-refractivity contribution in [2.24, 2.45) is 4.99 Å². The fourth-order valence-electron chi connectivity index (χ4n) is 1.24. The molecule has 0 N–H and O–H groups in total. The maximum Gasteiger partial charge on any atom is 0.125 e. The molecule has 15 heavy (non-hydrogen) atoms. The standard InChI is InChI=1S/C13H10FN/c14-12-7-4-8-13(9-12)15-10-11-5-2-1-3-6-11/h1-10H/b15-10+. The summed E-state index contributed by atoms with van der Waals surface area (Å²) < 4.78 is 12.8. The fourth-order valence-corrected chi connectivity index (χ4v) is 1.24. The number of aliphatic imine (C=N–C) groups is 1. The van der Waals surface area contributed by atoms with Crippen LogP contribution in [0.4, 0.5) is 10.1 Å². The maximum absolute atomic E-state index is 12.8. The minimum atomic E-state index is -0.266. The second kappa shape index (κ2) is 4.51. The van der Waals surface area contributed by atoms with Crippen molar-refractivity contribution in [2.45, 2.75) is 0 Å². The molecule has 0 unspecified atom stereocenters. The Labute approximate surface area is 87.9 Å². The summed E-state index contributed by atoms with van der Waals surface area (Å²) in [6, 6.07) is 15.9. The first-order valence-electron chi connectivity index (χ1n) is 4.69. The van der Waals surface area contributed by atoms with Crippen LogP contribution in [0.3, 0.4) is 0 Å². The van der Waals surface area contributed by atoms with E-state index in [2.05, 4.69) is 4.99 Å². The second-order valence-electron chi connectivity index (χ2n) is 3.15. The smallest absolute Gasteiger partial charge is 0.125 e. The van der Waals surface area contributed by atoms with Gasteiger partial charge in [-0.1, -0.05) is 36.4 Å². The van der Waals surface area contributed by atoms with Crippen molar-refractivity contribution in [3.63, 3.8) is 0 Å². The number of rotatable bonds is 2. The molecule has 1 nitrogen and oxygen atoms in total. The van der Waals surface area contributed by atoms with Crippen LogP contribution in [0.1, 0.15) is 5.56 Å². The average molecular weight is 199 g/mol. The third kappa shape index (κ3) is 2.74. The van der Waals surface area contributed by atoms with Crippen LogP contribution in [0.25, 0.3) is 0 Å². The van der Waals surface area contributed by atoms with E-state index in [0.717, 1.165) is 5.56 Å². The molecule has 0 aromatic heterocycles. The molecular weight excluding hydrogens is 189 g/mol. The minimum Gasteiger partial charge on any atom is -0.256 e. The molecule has 2 heteroatoms. The molecule has 2 rings (SSSR count). The lowest BCUT2D eigenvalue weighted by Crippen LogP contribution is -1.78. The maximum atomic E-state index is 12.8. The Morgan fingerprint density at radius 1 is 0.933 bits per heavy atom. The Kier molecular flexibility index (Phi) is 2.88. The normalized spacial score (nSPS) is 10.7. The van der Waals surface area contributed by atoms with Crippen LogP contribution < -0.4 is 0 Å². The van der Waals surface area contributed by atoms with Gasteiger partial charge < -0.3 is 0 Å². The van der Waals surface area contributed by atoms with Gasteiger partial charge in [-0.25, -0.2) is 4.39 Å². The Morgan fingerprint density at radius 2 is 1.73 bits per heavy atom. The molecule has 0 fully saturated rings. The molecule has 0 aliphatic carbocycles. The molecule has 0 aliphatic heterocycles. The van der Waals surface area contributed by atoms with E-state index in [4.69, 9.17) is 0 Å². The van der Waals surface area contributed by atoms with Gasteiger partial charge in [-0.3, -0.25) is 4.99 Å². The predicted molar refractivity (Wildman–Crippen MR) is 60.1 cm³/mol. The predicted octanol–water partition coefficient (Wildman–Crippen LogP) is 3.58. The summed E-state index contributed by atoms with van der Waals surface area (Å²) in [7, 11) is 0. The topological polar surface area (TPSA) is 12.4 Å². The van der Waals surface area contributed by atoms with Crippen LogP contribution in [-0.4, -0.2) is 6.21 Å². The SMILES string of the molecule is Fc1cccc(/N=C/c2ccccc2)c1. The Bertz CT molecular complexity index is 463.